The van der Waals surface area contributed by atoms with E-state index >= 15 is 4.39 Å². The smallest absolute Gasteiger partial charge is 0.351 e. The van der Waals surface area contributed by atoms with Gasteiger partial charge in [0.15, 0.2) is 23.1 Å². The molecule has 0 aliphatic carbocycles. The van der Waals surface area contributed by atoms with Crippen molar-refractivity contribution >= 4 is 55.1 Å². The number of hydrogen-bond acceptors (Lipinski definition) is 12. The predicted octanol–water partition coefficient (Wildman–Crippen LogP) is 9.86. The highest BCUT2D eigenvalue weighted by molar-refractivity contribution is 6.70. The monoisotopic (exact) mass is 1040 g/mol. The molecule has 17 nitrogen and oxygen atoms in total. The Morgan fingerprint density at radius 2 is 1.15 bits per heavy atom. The maximum atomic E-state index is 15.1. The number of benzene rings is 3. The molecule has 3 aromatic carbocycles. The summed E-state index contributed by atoms with van der Waals surface area (Å²) < 4.78 is 46.5. The van der Waals surface area contributed by atoms with Crippen molar-refractivity contribution in [3.8, 4) is 6.01 Å². The van der Waals surface area contributed by atoms with Gasteiger partial charge in [-0.15, -0.1) is 0 Å². The second kappa shape index (κ2) is 25.6. The van der Waals surface area contributed by atoms with Crippen LogP contribution in [-0.4, -0.2) is 84.6 Å². The van der Waals surface area contributed by atoms with E-state index in [4.69, 9.17) is 25.5 Å². The van der Waals surface area contributed by atoms with Crippen molar-refractivity contribution in [2.75, 3.05) is 16.0 Å². The number of anilines is 3. The molecule has 3 amide bonds. The normalized spacial score (nSPS) is 22.9. The van der Waals surface area contributed by atoms with Crippen molar-refractivity contribution in [1.29, 1.82) is 0 Å². The highest BCUT2D eigenvalue weighted by Gasteiger charge is 2.53. The molecule has 2 aliphatic rings. The van der Waals surface area contributed by atoms with Crippen molar-refractivity contribution in [1.82, 2.24) is 29.5 Å². The molecule has 1 unspecified atom stereocenters. The maximum Gasteiger partial charge on any atom is 0.351 e. The molecule has 388 valence electrons. The summed E-state index contributed by atoms with van der Waals surface area (Å²) in [5.41, 5.74) is -3.45. The minimum Gasteiger partial charge on any atom is -0.518 e. The van der Waals surface area contributed by atoms with Crippen LogP contribution in [0.3, 0.4) is 0 Å². The quantitative estimate of drug-likeness (QED) is 0.0704. The highest BCUT2D eigenvalue weighted by Crippen LogP contribution is 2.46. The number of aromatic amines is 1. The summed E-state index contributed by atoms with van der Waals surface area (Å²) in [6.07, 6.45) is 4.47. The second-order valence-corrected chi connectivity index (χ2v) is 23.2. The van der Waals surface area contributed by atoms with Gasteiger partial charge in [-0.2, -0.15) is 9.97 Å². The van der Waals surface area contributed by atoms with E-state index < -0.39 is 42.8 Å². The first-order chi connectivity index (χ1) is 34.5. The van der Waals surface area contributed by atoms with Crippen molar-refractivity contribution in [2.24, 2.45) is 11.8 Å². The first-order valence-electron chi connectivity index (χ1n) is 23.6. The van der Waals surface area contributed by atoms with Gasteiger partial charge in [0.2, 0.25) is 8.32 Å². The van der Waals surface area contributed by atoms with Crippen LogP contribution < -0.4 is 31.8 Å². The number of ether oxygens (including phenoxy) is 2. The van der Waals surface area contributed by atoms with Gasteiger partial charge >= 0.3 is 17.4 Å². The summed E-state index contributed by atoms with van der Waals surface area (Å²) in [7, 11) is -1.76. The molecule has 73 heavy (non-hydrogen) atoms. The van der Waals surface area contributed by atoms with Crippen LogP contribution in [0.15, 0.2) is 137 Å². The summed E-state index contributed by atoms with van der Waals surface area (Å²) in [6.45, 7) is 16.6. The molecule has 2 aliphatic heterocycles. The molecule has 4 N–H and O–H groups in total. The fourth-order valence-corrected chi connectivity index (χ4v) is 8.37. The van der Waals surface area contributed by atoms with Crippen molar-refractivity contribution in [3.05, 3.63) is 165 Å². The Labute approximate surface area is 428 Å². The second-order valence-electron chi connectivity index (χ2n) is 18.4. The summed E-state index contributed by atoms with van der Waals surface area (Å²) in [5.74, 6) is -0.431. The number of aromatic nitrogens is 6. The molecular weight excluding hydrogens is 980 g/mol. The average Bonchev–Trinajstić information content (AvgIpc) is 3.71. The van der Waals surface area contributed by atoms with Crippen LogP contribution in [0.25, 0.3) is 0 Å². The third-order valence-corrected chi connectivity index (χ3v) is 13.2. The van der Waals surface area contributed by atoms with E-state index in [1.807, 2.05) is 64.7 Å². The first kappa shape index (κ1) is 56.9. The molecule has 8 atom stereocenters. The minimum absolute atomic E-state index is 0.0208. The van der Waals surface area contributed by atoms with Crippen LogP contribution in [0, 0.1) is 11.8 Å². The number of H-pyrrole nitrogens is 1. The van der Waals surface area contributed by atoms with Crippen LogP contribution in [0.1, 0.15) is 91.7 Å². The minimum atomic E-state index is -1.76. The lowest BCUT2D eigenvalue weighted by Gasteiger charge is -2.25. The Bertz CT molecular complexity index is 2880. The molecule has 2 fully saturated rings. The molecular formula is C52H62ClF2N9O8Si. The van der Waals surface area contributed by atoms with E-state index in [2.05, 4.69) is 40.9 Å². The van der Waals surface area contributed by atoms with Crippen molar-refractivity contribution in [2.45, 2.75) is 109 Å². The Kier molecular flexibility index (Phi) is 19.9. The molecule has 0 saturated carbocycles. The molecule has 3 aromatic heterocycles. The lowest BCUT2D eigenvalue weighted by atomic mass is 9.88. The van der Waals surface area contributed by atoms with Crippen molar-refractivity contribution < 1.29 is 37.1 Å². The van der Waals surface area contributed by atoms with Crippen LogP contribution >= 0.6 is 11.6 Å². The molecule has 21 heteroatoms. The van der Waals surface area contributed by atoms with Gasteiger partial charge in [0.05, 0.1) is 12.2 Å². The van der Waals surface area contributed by atoms with Crippen LogP contribution in [0.5, 0.6) is 6.01 Å². The van der Waals surface area contributed by atoms with Crippen molar-refractivity contribution in [3.63, 3.8) is 0 Å². The summed E-state index contributed by atoms with van der Waals surface area (Å²) in [5, 5.41) is 7.86. The highest BCUT2D eigenvalue weighted by atomic mass is 35.5. The van der Waals surface area contributed by atoms with Crippen LogP contribution in [-0.2, 0) is 9.47 Å². The number of rotatable bonds is 11. The summed E-state index contributed by atoms with van der Waals surface area (Å²) in [4.78, 5) is 77.1. The van der Waals surface area contributed by atoms with E-state index in [0.717, 1.165) is 11.0 Å². The number of halogens is 3. The van der Waals surface area contributed by atoms with Gasteiger partial charge in [0.1, 0.15) is 17.5 Å². The van der Waals surface area contributed by atoms with Gasteiger partial charge in [0.25, 0.3) is 17.7 Å². The Morgan fingerprint density at radius 3 is 1.58 bits per heavy atom. The SMILES string of the molecule is CC[C@H]1OC(Cl)[C@](C)(F)[C@@H]1C.CC[C@H]1O[C@@H](n2ccc(NC(=O)c3ccccc3)nc2=O)[C@](C)(F)[C@@H]1C.C[Si](C)(C)Oc1nccc(NC(=O)c2ccccc2)n1.O=C(Nc1ccnc(=O)[nH]1)c1ccccc1. The largest absolute Gasteiger partial charge is 0.518 e. The Balaban J connectivity index is 0.000000188. The zero-order valence-electron chi connectivity index (χ0n) is 42.1. The lowest BCUT2D eigenvalue weighted by molar-refractivity contribution is -0.0500. The molecule has 0 spiro atoms. The van der Waals surface area contributed by atoms with Gasteiger partial charge in [-0.05, 0) is 101 Å². The van der Waals surface area contributed by atoms with Crippen LogP contribution in [0.4, 0.5) is 26.2 Å². The Morgan fingerprint density at radius 1 is 0.685 bits per heavy atom. The fourth-order valence-electron chi connectivity index (χ4n) is 7.39. The van der Waals surface area contributed by atoms with E-state index in [0.29, 0.717) is 40.8 Å². The number of carbonyl (C=O) groups is 3. The third-order valence-electron chi connectivity index (χ3n) is 11.9. The van der Waals surface area contributed by atoms with Gasteiger partial charge in [-0.3, -0.25) is 23.9 Å². The number of alkyl halides is 3. The molecule has 5 heterocycles. The zero-order valence-corrected chi connectivity index (χ0v) is 43.9. The molecule has 8 rings (SSSR count). The Hall–Kier alpha value is -7.00. The fraction of sp³-hybridized carbons (Fsp3) is 0.365. The number of hydrogen-bond donors (Lipinski definition) is 4. The number of nitrogens with one attached hydrogen (secondary N) is 4. The van der Waals surface area contributed by atoms with Gasteiger partial charge in [0, 0.05) is 47.1 Å². The van der Waals surface area contributed by atoms with E-state index in [9.17, 15) is 28.4 Å². The third kappa shape index (κ3) is 16.0. The molecule has 0 bridgehead atoms. The van der Waals surface area contributed by atoms with E-state index in [1.54, 1.807) is 85.9 Å². The maximum absolute atomic E-state index is 15.1. The van der Waals surface area contributed by atoms with Crippen LogP contribution in [0.2, 0.25) is 19.6 Å². The molecule has 0 radical (unpaired) electrons. The van der Waals surface area contributed by atoms with E-state index in [1.165, 1.54) is 38.4 Å². The van der Waals surface area contributed by atoms with Gasteiger partial charge in [-0.1, -0.05) is 93.9 Å². The van der Waals surface area contributed by atoms with Gasteiger partial charge < -0.3 is 29.9 Å². The lowest BCUT2D eigenvalue weighted by Crippen LogP contribution is -2.38. The number of carbonyl (C=O) groups excluding carboxylic acids is 3. The van der Waals surface area contributed by atoms with E-state index in [-0.39, 0.29) is 47.6 Å². The molecule has 6 aromatic rings. The number of nitrogens with zero attached hydrogens (tertiary/aromatic N) is 5. The summed E-state index contributed by atoms with van der Waals surface area (Å²) in [6, 6.07) is 31.2. The predicted molar refractivity (Wildman–Crippen MR) is 279 cm³/mol. The zero-order chi connectivity index (χ0) is 53.5. The summed E-state index contributed by atoms with van der Waals surface area (Å²) >= 11 is 5.67. The van der Waals surface area contributed by atoms with Gasteiger partial charge in [-0.25, -0.2) is 28.3 Å². The molecule has 2 saturated heterocycles. The number of amides is 3. The first-order valence-corrected chi connectivity index (χ1v) is 27.5. The standard InChI is InChI=1S/C19H22FN3O3.C14H17N3O2Si.C11H9N3O2.C8H14ClFO/c1-4-14-12(2)19(3,20)17(26-14)23-11-10-15(22-18(23)25)21-16(24)13-8-6-5-7-9-13;1-20(2,3)19-14-15-10-9-12(17-14)16-13(18)11-7-5-4-6-8-11;15-10(8-4-2-1-3-5-8)13-9-6-7-12-11(16)14-9;1-4-6-5(2)8(3,10)7(9)11-6/h5-12,14,17H,4H2,1-3H3,(H,21,22,24,25);4-10H,1-3H3,(H,15,16,17,18);1-7H,(H2,12,13,14,15,16);5-7H,4H2,1-3H3/t12-,14-,17-,19-;;;5-,6-,7?,8-/m1..1/s1. The topological polar surface area (TPSA) is 221 Å². The average molecular weight is 1040 g/mol.